The fraction of sp³-hybridized carbons (Fsp3) is 0.625. The Morgan fingerprint density at radius 2 is 1.74 bits per heavy atom. The zero-order valence-corrected chi connectivity index (χ0v) is 31.6. The minimum Gasteiger partial charge on any atom is -0.481 e. The number of aliphatic hydroxyl groups is 2. The highest BCUT2D eigenvalue weighted by molar-refractivity contribution is 8.13. The number of fused-ring (bicyclic) bond motifs is 1. The third kappa shape index (κ3) is 13.6. The van der Waals surface area contributed by atoms with Crippen molar-refractivity contribution in [1.82, 2.24) is 30.2 Å². The Morgan fingerprint density at radius 3 is 2.39 bits per heavy atom. The number of hydrogen-bond donors (Lipinski definition) is 10. The molecule has 1 aliphatic heterocycles. The van der Waals surface area contributed by atoms with Crippen LogP contribution in [-0.4, -0.2) is 134 Å². The van der Waals surface area contributed by atoms with Gasteiger partial charge < -0.3 is 56.0 Å². The summed E-state index contributed by atoms with van der Waals surface area (Å²) in [6.45, 7) is 0.132. The number of carbonyl (C=O) groups excluding carboxylic acids is 3. The molecule has 1 fully saturated rings. The summed E-state index contributed by atoms with van der Waals surface area (Å²) in [4.78, 5) is 97.0. The number of thioether (sulfide) groups is 1. The maximum absolute atomic E-state index is 12.6. The third-order valence-electron chi connectivity index (χ3n) is 7.06. The molecule has 304 valence electrons. The molecule has 2 aromatic rings. The largest absolute Gasteiger partial charge is 0.481 e. The lowest BCUT2D eigenvalue weighted by Crippen LogP contribution is -2.46. The molecule has 30 heteroatoms. The number of nitrogen functional groups attached to an aromatic ring is 1. The van der Waals surface area contributed by atoms with Crippen LogP contribution in [0.2, 0.25) is 0 Å². The molecule has 3 rings (SSSR count). The van der Waals surface area contributed by atoms with Crippen LogP contribution >= 0.6 is 35.2 Å². The van der Waals surface area contributed by atoms with Crippen LogP contribution in [0.3, 0.4) is 0 Å². The number of aliphatic hydroxyl groups excluding tert-OH is 2. The Morgan fingerprint density at radius 1 is 1.07 bits per heavy atom. The summed E-state index contributed by atoms with van der Waals surface area (Å²) in [5, 5.41) is 34.0. The highest BCUT2D eigenvalue weighted by atomic mass is 32.2. The Balaban J connectivity index is 1.51. The maximum atomic E-state index is 12.6. The van der Waals surface area contributed by atoms with Gasteiger partial charge in [-0.3, -0.25) is 37.3 Å². The van der Waals surface area contributed by atoms with Crippen LogP contribution in [-0.2, 0) is 55.5 Å². The molecular formula is C24H38N7O19P3S. The number of nitrogens with two attached hydrogens (primary N) is 1. The van der Waals surface area contributed by atoms with Crippen molar-refractivity contribution in [2.45, 2.75) is 57.3 Å². The van der Waals surface area contributed by atoms with Gasteiger partial charge in [-0.25, -0.2) is 28.6 Å². The van der Waals surface area contributed by atoms with Gasteiger partial charge >= 0.3 is 29.4 Å². The van der Waals surface area contributed by atoms with Gasteiger partial charge in [0, 0.05) is 30.7 Å². The molecular weight excluding hydrogens is 817 g/mol. The molecule has 0 saturated carbocycles. The number of carboxylic acids is 1. The number of nitrogens with zero attached hydrogens (tertiary/aromatic N) is 4. The molecule has 0 radical (unpaired) electrons. The lowest BCUT2D eigenvalue weighted by atomic mass is 9.87. The van der Waals surface area contributed by atoms with E-state index in [9.17, 15) is 62.7 Å². The second-order valence-electron chi connectivity index (χ2n) is 11.9. The minimum absolute atomic E-state index is 0.0185. The molecule has 3 heterocycles. The molecule has 1 saturated heterocycles. The fourth-order valence-corrected chi connectivity index (χ4v) is 7.96. The first kappa shape index (κ1) is 45.4. The molecule has 1 aliphatic rings. The first-order chi connectivity index (χ1) is 24.9. The van der Waals surface area contributed by atoms with Gasteiger partial charge in [0.25, 0.3) is 0 Å². The van der Waals surface area contributed by atoms with Crippen LogP contribution in [0.1, 0.15) is 32.9 Å². The molecule has 11 N–H and O–H groups in total. The predicted molar refractivity (Wildman–Crippen MR) is 179 cm³/mol. The van der Waals surface area contributed by atoms with Crippen LogP contribution in [0.4, 0.5) is 5.82 Å². The van der Waals surface area contributed by atoms with Crippen molar-refractivity contribution < 1.29 is 90.4 Å². The number of imidazole rings is 1. The molecule has 0 aliphatic carbocycles. The smallest absolute Gasteiger partial charge is 0.481 e. The zero-order valence-electron chi connectivity index (χ0n) is 28.1. The predicted octanol–water partition coefficient (Wildman–Crippen LogP) is -1.86. The van der Waals surface area contributed by atoms with Gasteiger partial charge in [-0.2, -0.15) is 4.31 Å². The molecule has 2 amide bonds. The third-order valence-corrected chi connectivity index (χ3v) is 11.0. The van der Waals surface area contributed by atoms with E-state index in [2.05, 4.69) is 34.4 Å². The lowest BCUT2D eigenvalue weighted by Gasteiger charge is -2.30. The summed E-state index contributed by atoms with van der Waals surface area (Å²) in [5.74, 6) is -2.80. The molecule has 7 atom stereocenters. The van der Waals surface area contributed by atoms with Crippen molar-refractivity contribution in [2.24, 2.45) is 5.41 Å². The van der Waals surface area contributed by atoms with Gasteiger partial charge in [-0.1, -0.05) is 25.6 Å². The normalized spacial score (nSPS) is 21.9. The number of carboxylic acid groups (broad SMARTS) is 1. The van der Waals surface area contributed by atoms with Crippen molar-refractivity contribution in [1.29, 1.82) is 0 Å². The van der Waals surface area contributed by atoms with Gasteiger partial charge in [-0.15, -0.1) is 0 Å². The average molecular weight is 856 g/mol. The van der Waals surface area contributed by atoms with Gasteiger partial charge in [-0.05, 0) is 0 Å². The number of carbonyl (C=O) groups is 4. The molecule has 0 aromatic carbocycles. The van der Waals surface area contributed by atoms with E-state index in [-0.39, 0.29) is 42.2 Å². The number of nitrogens with one attached hydrogen (secondary N) is 2. The number of amides is 2. The van der Waals surface area contributed by atoms with E-state index < -0.39 is 102 Å². The number of hydrogen-bond acceptors (Lipinski definition) is 19. The van der Waals surface area contributed by atoms with Crippen molar-refractivity contribution in [3.63, 3.8) is 0 Å². The summed E-state index contributed by atoms with van der Waals surface area (Å²) >= 11 is 0.718. The SMILES string of the molecule is CC(C)(COP(=O)(O)OP(=O)(O)OC[C@H]1O[C@@H](n2cnc3c(N)ncnc32)[C@H](O)[C@@H]1OP(=O)(O)O)[C@@H](O)C(=O)NCCC(=O)NCCSC(=O)[14CH2]C(=O)O. The number of rotatable bonds is 21. The summed E-state index contributed by atoms with van der Waals surface area (Å²) in [6, 6.07) is 0. The first-order valence-electron chi connectivity index (χ1n) is 15.2. The number of aliphatic carboxylic acids is 1. The molecule has 26 nitrogen and oxygen atoms in total. The van der Waals surface area contributed by atoms with E-state index in [0.717, 1.165) is 29.0 Å². The highest BCUT2D eigenvalue weighted by Crippen LogP contribution is 2.61. The van der Waals surface area contributed by atoms with E-state index in [1.807, 2.05) is 0 Å². The van der Waals surface area contributed by atoms with Gasteiger partial charge in [0.15, 0.2) is 22.8 Å². The second kappa shape index (κ2) is 18.8. The Labute approximate surface area is 308 Å². The summed E-state index contributed by atoms with van der Waals surface area (Å²) < 4.78 is 61.8. The maximum Gasteiger partial charge on any atom is 0.481 e. The summed E-state index contributed by atoms with van der Waals surface area (Å²) in [5.41, 5.74) is 4.19. The van der Waals surface area contributed by atoms with Crippen molar-refractivity contribution in [3.8, 4) is 0 Å². The molecule has 0 spiro atoms. The van der Waals surface area contributed by atoms with Crippen molar-refractivity contribution in [3.05, 3.63) is 12.7 Å². The van der Waals surface area contributed by atoms with E-state index in [1.54, 1.807) is 0 Å². The average Bonchev–Trinajstić information content (AvgIpc) is 3.60. The summed E-state index contributed by atoms with van der Waals surface area (Å²) in [7, 11) is -16.4. The fourth-order valence-electron chi connectivity index (χ4n) is 4.47. The molecule has 0 bridgehead atoms. The monoisotopic (exact) mass is 855 g/mol. The quantitative estimate of drug-likeness (QED) is 0.0374. The molecule has 54 heavy (non-hydrogen) atoms. The number of phosphoric acid groups is 3. The van der Waals surface area contributed by atoms with Crippen LogP contribution in [0.15, 0.2) is 12.7 Å². The number of anilines is 1. The Bertz CT molecular complexity index is 1830. The van der Waals surface area contributed by atoms with E-state index in [4.69, 9.17) is 24.6 Å². The highest BCUT2D eigenvalue weighted by Gasteiger charge is 2.50. The number of aromatic nitrogens is 4. The van der Waals surface area contributed by atoms with E-state index in [1.165, 1.54) is 13.8 Å². The first-order valence-corrected chi connectivity index (χ1v) is 20.7. The second-order valence-corrected chi connectivity index (χ2v) is 17.2. The zero-order chi connectivity index (χ0) is 40.6. The minimum atomic E-state index is -5.59. The molecule has 2 aromatic heterocycles. The van der Waals surface area contributed by atoms with Crippen molar-refractivity contribution in [2.75, 3.05) is 37.8 Å². The Hall–Kier alpha value is -2.97. The molecule has 2 unspecified atom stereocenters. The number of phosphoric ester groups is 3. The van der Waals surface area contributed by atoms with Crippen LogP contribution in [0.25, 0.3) is 11.2 Å². The Kier molecular flexibility index (Phi) is 15.8. The lowest BCUT2D eigenvalue weighted by molar-refractivity contribution is -0.139. The van der Waals surface area contributed by atoms with Gasteiger partial charge in [0.2, 0.25) is 11.8 Å². The van der Waals surface area contributed by atoms with Crippen LogP contribution in [0, 0.1) is 5.41 Å². The standard InChI is InChI=1S/C24H38N7O19P3S/c1-24(2,19(37)22(38)27-4-3-13(32)26-5-6-54-15(35)7-14(33)34)9-47-53(44,45)50-52(42,43)46-8-12-18(49-51(39,40)41)17(36)23(48-12)31-11-30-16-20(25)28-10-29-21(16)31/h10-12,17-19,23,36-37H,3-9H2,1-2H3,(H,26,32)(H,27,38)(H,33,34)(H,42,43)(H,44,45)(H2,25,28,29)(H2,39,40,41)/t12-,17-,18-,19+,23-/m1/s1/i7+2. The topological polar surface area (TPSA) is 401 Å². The van der Waals surface area contributed by atoms with E-state index >= 15 is 0 Å². The van der Waals surface area contributed by atoms with Gasteiger partial charge in [0.05, 0.1) is 19.5 Å². The van der Waals surface area contributed by atoms with E-state index in [0.29, 0.717) is 0 Å². The summed E-state index contributed by atoms with van der Waals surface area (Å²) in [6.07, 6.45) is -7.78. The van der Waals surface area contributed by atoms with Crippen LogP contribution < -0.4 is 16.4 Å². The van der Waals surface area contributed by atoms with Crippen LogP contribution in [0.5, 0.6) is 0 Å². The number of ether oxygens (including phenoxy) is 1. The van der Waals surface area contributed by atoms with Gasteiger partial charge in [0.1, 0.15) is 42.7 Å². The van der Waals surface area contributed by atoms with Crippen molar-refractivity contribution >= 4 is 75.1 Å².